The quantitative estimate of drug-likeness (QED) is 0.793. The fourth-order valence-corrected chi connectivity index (χ4v) is 4.56. The number of piperidine rings is 1. The van der Waals surface area contributed by atoms with Crippen LogP contribution in [-0.4, -0.2) is 71.5 Å². The Labute approximate surface area is 163 Å². The van der Waals surface area contributed by atoms with E-state index < -0.39 is 0 Å². The summed E-state index contributed by atoms with van der Waals surface area (Å²) in [6.07, 6.45) is 9.91. The Kier molecular flexibility index (Phi) is 7.13. The molecule has 2 aliphatic rings. The fourth-order valence-electron chi connectivity index (χ4n) is 4.56. The molecule has 1 aromatic rings. The Morgan fingerprint density at radius 3 is 2.93 bits per heavy atom. The molecule has 3 atom stereocenters. The zero-order valence-corrected chi connectivity index (χ0v) is 17.1. The van der Waals surface area contributed by atoms with Gasteiger partial charge in [0.1, 0.15) is 0 Å². The molecule has 2 fully saturated rings. The average Bonchev–Trinajstić information content (AvgIpc) is 3.33. The maximum atomic E-state index is 12.5. The molecule has 1 aromatic heterocycles. The first kappa shape index (κ1) is 20.1. The van der Waals surface area contributed by atoms with Crippen LogP contribution in [0.1, 0.15) is 50.6 Å². The summed E-state index contributed by atoms with van der Waals surface area (Å²) in [5, 5.41) is 7.43. The lowest BCUT2D eigenvalue weighted by molar-refractivity contribution is 0.0808. The summed E-state index contributed by atoms with van der Waals surface area (Å²) in [4.78, 5) is 16.9. The van der Waals surface area contributed by atoms with Gasteiger partial charge in [0.2, 0.25) is 0 Å². The highest BCUT2D eigenvalue weighted by Gasteiger charge is 2.34. The van der Waals surface area contributed by atoms with Crippen molar-refractivity contribution in [2.24, 2.45) is 13.0 Å². The van der Waals surface area contributed by atoms with Gasteiger partial charge in [0.05, 0.1) is 12.3 Å². The molecule has 0 radical (unpaired) electrons. The van der Waals surface area contributed by atoms with Crippen LogP contribution in [0.4, 0.5) is 4.79 Å². The number of nitrogens with zero attached hydrogens (tertiary/aromatic N) is 4. The lowest BCUT2D eigenvalue weighted by atomic mass is 9.85. The minimum Gasteiger partial charge on any atom is -0.378 e. The van der Waals surface area contributed by atoms with Gasteiger partial charge >= 0.3 is 6.03 Å². The van der Waals surface area contributed by atoms with Crippen molar-refractivity contribution >= 4 is 6.03 Å². The Hall–Kier alpha value is -1.60. The summed E-state index contributed by atoms with van der Waals surface area (Å²) in [7, 11) is 3.87. The maximum Gasteiger partial charge on any atom is 0.317 e. The van der Waals surface area contributed by atoms with E-state index in [1.807, 2.05) is 29.9 Å². The highest BCUT2D eigenvalue weighted by atomic mass is 16.5. The molecule has 1 N–H and O–H groups in total. The number of likely N-dealkylation sites (tertiary alicyclic amines) is 1. The van der Waals surface area contributed by atoms with Gasteiger partial charge < -0.3 is 15.0 Å². The summed E-state index contributed by atoms with van der Waals surface area (Å²) in [6.45, 7) is 6.67. The summed E-state index contributed by atoms with van der Waals surface area (Å²) in [5.41, 5.74) is 1.26. The monoisotopic (exact) mass is 377 g/mol. The number of aromatic nitrogens is 2. The molecular weight excluding hydrogens is 342 g/mol. The number of carbonyl (C=O) groups is 1. The molecule has 0 aliphatic carbocycles. The predicted octanol–water partition coefficient (Wildman–Crippen LogP) is 2.40. The number of urea groups is 1. The Morgan fingerprint density at radius 1 is 1.41 bits per heavy atom. The number of nitrogens with one attached hydrogen (secondary N) is 1. The highest BCUT2D eigenvalue weighted by Crippen LogP contribution is 2.36. The van der Waals surface area contributed by atoms with E-state index >= 15 is 0 Å². The predicted molar refractivity (Wildman–Crippen MR) is 106 cm³/mol. The van der Waals surface area contributed by atoms with E-state index in [9.17, 15) is 4.79 Å². The molecule has 27 heavy (non-hydrogen) atoms. The van der Waals surface area contributed by atoms with Crippen LogP contribution in [0, 0.1) is 5.92 Å². The minimum atomic E-state index is 0.0200. The number of ether oxygens (including phenoxy) is 1. The van der Waals surface area contributed by atoms with Gasteiger partial charge in [-0.2, -0.15) is 5.10 Å². The van der Waals surface area contributed by atoms with Gasteiger partial charge in [0.15, 0.2) is 0 Å². The first-order valence-corrected chi connectivity index (χ1v) is 10.4. The van der Waals surface area contributed by atoms with Crippen molar-refractivity contribution in [3.05, 3.63) is 18.0 Å². The molecule has 7 nitrogen and oxygen atoms in total. The van der Waals surface area contributed by atoms with Crippen molar-refractivity contribution in [2.75, 3.05) is 39.8 Å². The SMILES string of the molecule is CCN1CCC[C@@H](CN(C)C(=O)NCC[C@@H]2CCCO2)[C@@H]1c1cnn(C)c1. The molecule has 2 amide bonds. The topological polar surface area (TPSA) is 62.6 Å². The molecule has 0 saturated carbocycles. The average molecular weight is 378 g/mol. The second kappa shape index (κ2) is 9.55. The van der Waals surface area contributed by atoms with Crippen molar-refractivity contribution < 1.29 is 9.53 Å². The Morgan fingerprint density at radius 2 is 2.26 bits per heavy atom. The van der Waals surface area contributed by atoms with Crippen molar-refractivity contribution in [1.29, 1.82) is 0 Å². The summed E-state index contributed by atoms with van der Waals surface area (Å²) < 4.78 is 7.50. The summed E-state index contributed by atoms with van der Waals surface area (Å²) >= 11 is 0. The van der Waals surface area contributed by atoms with Crippen molar-refractivity contribution in [1.82, 2.24) is 24.9 Å². The summed E-state index contributed by atoms with van der Waals surface area (Å²) in [6, 6.07) is 0.353. The molecule has 0 aromatic carbocycles. The standard InChI is InChI=1S/C20H35N5O2/c1-4-25-11-5-7-16(19(25)17-13-22-24(3)15-17)14-23(2)20(26)21-10-9-18-8-6-12-27-18/h13,15-16,18-19H,4-12,14H2,1-3H3,(H,21,26)/t16-,18-,19+/m0/s1. The molecule has 152 valence electrons. The van der Waals surface area contributed by atoms with Crippen molar-refractivity contribution in [2.45, 2.75) is 51.2 Å². The van der Waals surface area contributed by atoms with Crippen LogP contribution in [0.2, 0.25) is 0 Å². The minimum absolute atomic E-state index is 0.0200. The normalized spacial score (nSPS) is 26.3. The summed E-state index contributed by atoms with van der Waals surface area (Å²) in [5.74, 6) is 0.428. The number of aryl methyl sites for hydroxylation is 1. The van der Waals surface area contributed by atoms with E-state index in [2.05, 4.69) is 28.4 Å². The molecule has 3 heterocycles. The number of carbonyl (C=O) groups excluding carboxylic acids is 1. The number of hydrogen-bond acceptors (Lipinski definition) is 4. The van der Waals surface area contributed by atoms with Crippen LogP contribution in [0.3, 0.4) is 0 Å². The molecule has 0 spiro atoms. The first-order valence-electron chi connectivity index (χ1n) is 10.4. The Balaban J connectivity index is 1.55. The fraction of sp³-hybridized carbons (Fsp3) is 0.800. The van der Waals surface area contributed by atoms with E-state index in [1.54, 1.807) is 0 Å². The van der Waals surface area contributed by atoms with Crippen LogP contribution in [-0.2, 0) is 11.8 Å². The van der Waals surface area contributed by atoms with Gasteiger partial charge in [-0.15, -0.1) is 0 Å². The molecule has 0 unspecified atom stereocenters. The van der Waals surface area contributed by atoms with Gasteiger partial charge in [-0.3, -0.25) is 9.58 Å². The smallest absolute Gasteiger partial charge is 0.317 e. The molecule has 2 aliphatic heterocycles. The van der Waals surface area contributed by atoms with E-state index in [0.717, 1.165) is 51.9 Å². The van der Waals surface area contributed by atoms with Crippen molar-refractivity contribution in [3.8, 4) is 0 Å². The van der Waals surface area contributed by atoms with Crippen LogP contribution in [0.5, 0.6) is 0 Å². The van der Waals surface area contributed by atoms with Crippen LogP contribution < -0.4 is 5.32 Å². The largest absolute Gasteiger partial charge is 0.378 e. The molecule has 0 bridgehead atoms. The van der Waals surface area contributed by atoms with Gasteiger partial charge in [-0.1, -0.05) is 6.92 Å². The third-order valence-electron chi connectivity index (χ3n) is 5.95. The third kappa shape index (κ3) is 5.23. The molecule has 7 heteroatoms. The van der Waals surface area contributed by atoms with Gasteiger partial charge in [-0.25, -0.2) is 4.79 Å². The zero-order valence-electron chi connectivity index (χ0n) is 17.1. The number of hydrogen-bond donors (Lipinski definition) is 1. The van der Waals surface area contributed by atoms with Gasteiger partial charge in [-0.05, 0) is 51.1 Å². The molecule has 3 rings (SSSR count). The second-order valence-electron chi connectivity index (χ2n) is 7.96. The highest BCUT2D eigenvalue weighted by molar-refractivity contribution is 5.73. The maximum absolute atomic E-state index is 12.5. The number of amides is 2. The lowest BCUT2D eigenvalue weighted by Gasteiger charge is -2.42. The Bertz CT molecular complexity index is 599. The van der Waals surface area contributed by atoms with Crippen LogP contribution in [0.15, 0.2) is 12.4 Å². The third-order valence-corrected chi connectivity index (χ3v) is 5.95. The number of rotatable bonds is 7. The van der Waals surface area contributed by atoms with E-state index in [0.29, 0.717) is 24.6 Å². The first-order chi connectivity index (χ1) is 13.1. The lowest BCUT2D eigenvalue weighted by Crippen LogP contribution is -2.46. The van der Waals surface area contributed by atoms with Gasteiger partial charge in [0.25, 0.3) is 0 Å². The second-order valence-corrected chi connectivity index (χ2v) is 7.96. The van der Waals surface area contributed by atoms with Gasteiger partial charge in [0, 0.05) is 51.6 Å². The molecular formula is C20H35N5O2. The van der Waals surface area contributed by atoms with Crippen molar-refractivity contribution in [3.63, 3.8) is 0 Å². The zero-order chi connectivity index (χ0) is 19.2. The van der Waals surface area contributed by atoms with E-state index in [-0.39, 0.29) is 6.03 Å². The van der Waals surface area contributed by atoms with Crippen LogP contribution in [0.25, 0.3) is 0 Å². The van der Waals surface area contributed by atoms with E-state index in [4.69, 9.17) is 4.74 Å². The van der Waals surface area contributed by atoms with E-state index in [1.165, 1.54) is 12.0 Å². The van der Waals surface area contributed by atoms with Crippen LogP contribution >= 0.6 is 0 Å². The molecule has 2 saturated heterocycles.